The van der Waals surface area contributed by atoms with Crippen molar-refractivity contribution in [1.82, 2.24) is 5.32 Å². The fraction of sp³-hybridized carbons (Fsp3) is 0.333. The maximum Gasteiger partial charge on any atom is 0.0336 e. The van der Waals surface area contributed by atoms with Gasteiger partial charge in [-0.1, -0.05) is 60.7 Å². The van der Waals surface area contributed by atoms with Crippen LogP contribution in [0.25, 0.3) is 11.1 Å². The Kier molecular flexibility index (Phi) is 5.67. The van der Waals surface area contributed by atoms with E-state index in [0.717, 1.165) is 6.42 Å². The van der Waals surface area contributed by atoms with Crippen LogP contribution >= 0.6 is 12.4 Å². The van der Waals surface area contributed by atoms with Crippen molar-refractivity contribution in [2.24, 2.45) is 0 Å². The van der Waals surface area contributed by atoms with Crippen LogP contribution < -0.4 is 5.32 Å². The first-order chi connectivity index (χ1) is 10.5. The molecule has 3 rings (SSSR count). The van der Waals surface area contributed by atoms with E-state index in [2.05, 4.69) is 86.8 Å². The summed E-state index contributed by atoms with van der Waals surface area (Å²) in [6, 6.07) is 22.1. The molecule has 1 unspecified atom stereocenters. The third kappa shape index (κ3) is 4.25. The van der Waals surface area contributed by atoms with E-state index in [1.54, 1.807) is 0 Å². The number of rotatable bonds is 3. The quantitative estimate of drug-likeness (QED) is 0.777. The maximum atomic E-state index is 3.81. The minimum absolute atomic E-state index is 0. The zero-order valence-electron chi connectivity index (χ0n) is 14.2. The molecule has 0 aliphatic heterocycles. The van der Waals surface area contributed by atoms with Crippen molar-refractivity contribution in [3.8, 4) is 0 Å². The van der Waals surface area contributed by atoms with Crippen LogP contribution in [0.3, 0.4) is 0 Å². The molecular weight excluding hydrogens is 302 g/mol. The van der Waals surface area contributed by atoms with E-state index in [1.165, 1.54) is 28.7 Å². The number of benzene rings is 2. The first-order valence-corrected chi connectivity index (χ1v) is 8.16. The molecule has 1 N–H and O–H groups in total. The van der Waals surface area contributed by atoms with Gasteiger partial charge in [0.05, 0.1) is 0 Å². The van der Waals surface area contributed by atoms with Gasteiger partial charge in [0.25, 0.3) is 0 Å². The topological polar surface area (TPSA) is 12.0 Å². The number of allylic oxidation sites excluding steroid dienone is 1. The second-order valence-electron chi connectivity index (χ2n) is 7.11. The van der Waals surface area contributed by atoms with E-state index in [9.17, 15) is 0 Å². The minimum Gasteiger partial charge on any atom is -0.305 e. The Labute approximate surface area is 146 Å². The van der Waals surface area contributed by atoms with Crippen molar-refractivity contribution in [3.05, 3.63) is 71.8 Å². The molecule has 1 nitrogen and oxygen atoms in total. The molecule has 2 aromatic rings. The van der Waals surface area contributed by atoms with E-state index < -0.39 is 0 Å². The average molecular weight is 328 g/mol. The summed E-state index contributed by atoms with van der Waals surface area (Å²) in [5.74, 6) is 0. The lowest BCUT2D eigenvalue weighted by Crippen LogP contribution is -2.43. The lowest BCUT2D eigenvalue weighted by molar-refractivity contribution is 0.393. The van der Waals surface area contributed by atoms with E-state index in [0.29, 0.717) is 6.04 Å². The Morgan fingerprint density at radius 3 is 1.87 bits per heavy atom. The van der Waals surface area contributed by atoms with Crippen molar-refractivity contribution in [3.63, 3.8) is 0 Å². The van der Waals surface area contributed by atoms with Gasteiger partial charge < -0.3 is 5.32 Å². The summed E-state index contributed by atoms with van der Waals surface area (Å²) in [7, 11) is 0. The molecular formula is C21H26ClN. The maximum absolute atomic E-state index is 3.81. The van der Waals surface area contributed by atoms with Gasteiger partial charge in [-0.15, -0.1) is 12.4 Å². The van der Waals surface area contributed by atoms with Crippen LogP contribution in [0.15, 0.2) is 60.7 Å². The average Bonchev–Trinajstić information content (AvgIpc) is 2.90. The van der Waals surface area contributed by atoms with Gasteiger partial charge in [-0.2, -0.15) is 0 Å². The first kappa shape index (κ1) is 17.8. The highest BCUT2D eigenvalue weighted by atomic mass is 35.5. The fourth-order valence-corrected chi connectivity index (χ4v) is 3.38. The second kappa shape index (κ2) is 7.33. The first-order valence-electron chi connectivity index (χ1n) is 8.16. The Morgan fingerprint density at radius 1 is 0.826 bits per heavy atom. The molecule has 0 saturated heterocycles. The summed E-state index contributed by atoms with van der Waals surface area (Å²) in [4.78, 5) is 0. The summed E-state index contributed by atoms with van der Waals surface area (Å²) in [5.41, 5.74) is 5.80. The monoisotopic (exact) mass is 327 g/mol. The molecule has 0 spiro atoms. The molecule has 0 heterocycles. The van der Waals surface area contributed by atoms with Gasteiger partial charge in [0.1, 0.15) is 0 Å². The Hall–Kier alpha value is -1.57. The van der Waals surface area contributed by atoms with E-state index in [4.69, 9.17) is 0 Å². The van der Waals surface area contributed by atoms with Crippen LogP contribution in [0, 0.1) is 0 Å². The van der Waals surface area contributed by atoms with Crippen LogP contribution in [0.2, 0.25) is 0 Å². The normalized spacial score (nSPS) is 18.0. The third-order valence-electron chi connectivity index (χ3n) is 4.17. The summed E-state index contributed by atoms with van der Waals surface area (Å²) < 4.78 is 0. The lowest BCUT2D eigenvalue weighted by atomic mass is 9.94. The lowest BCUT2D eigenvalue weighted by Gasteiger charge is -2.28. The zero-order chi connectivity index (χ0) is 15.6. The SMILES string of the molecule is CC(C)(C)NC1CCC(c2ccccc2)=C1c1ccccc1.Cl. The molecule has 2 heteroatoms. The van der Waals surface area contributed by atoms with Crippen LogP contribution in [0.4, 0.5) is 0 Å². The van der Waals surface area contributed by atoms with Crippen molar-refractivity contribution >= 4 is 23.6 Å². The number of halogens is 1. The molecule has 0 saturated carbocycles. The highest BCUT2D eigenvalue weighted by Gasteiger charge is 2.29. The number of hydrogen-bond donors (Lipinski definition) is 1. The van der Waals surface area contributed by atoms with Gasteiger partial charge in [-0.3, -0.25) is 0 Å². The van der Waals surface area contributed by atoms with E-state index in [-0.39, 0.29) is 17.9 Å². The van der Waals surface area contributed by atoms with Crippen LogP contribution in [0.5, 0.6) is 0 Å². The van der Waals surface area contributed by atoms with E-state index >= 15 is 0 Å². The second-order valence-corrected chi connectivity index (χ2v) is 7.11. The number of nitrogens with one attached hydrogen (secondary N) is 1. The van der Waals surface area contributed by atoms with Crippen LogP contribution in [0.1, 0.15) is 44.7 Å². The molecule has 1 atom stereocenters. The van der Waals surface area contributed by atoms with Gasteiger partial charge >= 0.3 is 0 Å². The molecule has 23 heavy (non-hydrogen) atoms. The van der Waals surface area contributed by atoms with Crippen LogP contribution in [-0.2, 0) is 0 Å². The predicted octanol–water partition coefficient (Wildman–Crippen LogP) is 5.57. The predicted molar refractivity (Wildman–Crippen MR) is 103 cm³/mol. The Morgan fingerprint density at radius 2 is 1.35 bits per heavy atom. The summed E-state index contributed by atoms with van der Waals surface area (Å²) in [6.07, 6.45) is 2.31. The summed E-state index contributed by atoms with van der Waals surface area (Å²) in [6.45, 7) is 6.74. The molecule has 0 fully saturated rings. The zero-order valence-corrected chi connectivity index (χ0v) is 15.0. The Balaban J connectivity index is 0.00000192. The highest BCUT2D eigenvalue weighted by Crippen LogP contribution is 2.40. The molecule has 0 radical (unpaired) electrons. The molecule has 0 bridgehead atoms. The Bertz CT molecular complexity index is 653. The van der Waals surface area contributed by atoms with Gasteiger partial charge in [0.15, 0.2) is 0 Å². The van der Waals surface area contributed by atoms with Gasteiger partial charge in [0, 0.05) is 11.6 Å². The number of hydrogen-bond acceptors (Lipinski definition) is 1. The van der Waals surface area contributed by atoms with Crippen LogP contribution in [-0.4, -0.2) is 11.6 Å². The largest absolute Gasteiger partial charge is 0.305 e. The van der Waals surface area contributed by atoms with Gasteiger partial charge in [-0.25, -0.2) is 0 Å². The minimum atomic E-state index is 0. The van der Waals surface area contributed by atoms with Crippen molar-refractivity contribution < 1.29 is 0 Å². The molecule has 1 aliphatic carbocycles. The molecule has 0 amide bonds. The smallest absolute Gasteiger partial charge is 0.0336 e. The molecule has 0 aromatic heterocycles. The van der Waals surface area contributed by atoms with Gasteiger partial charge in [-0.05, 0) is 55.9 Å². The standard InChI is InChI=1S/C21H25N.ClH/c1-21(2,3)22-19-15-14-18(16-10-6-4-7-11-16)20(19)17-12-8-5-9-13-17;/h4-13,19,22H,14-15H2,1-3H3;1H. The highest BCUT2D eigenvalue weighted by molar-refractivity contribution is 5.95. The summed E-state index contributed by atoms with van der Waals surface area (Å²) >= 11 is 0. The third-order valence-corrected chi connectivity index (χ3v) is 4.17. The van der Waals surface area contributed by atoms with E-state index in [1.807, 2.05) is 0 Å². The van der Waals surface area contributed by atoms with Crippen molar-refractivity contribution in [2.45, 2.75) is 45.2 Å². The van der Waals surface area contributed by atoms with Crippen molar-refractivity contribution in [2.75, 3.05) is 0 Å². The fourth-order valence-electron chi connectivity index (χ4n) is 3.38. The molecule has 122 valence electrons. The van der Waals surface area contributed by atoms with Crippen molar-refractivity contribution in [1.29, 1.82) is 0 Å². The molecule has 1 aliphatic rings. The summed E-state index contributed by atoms with van der Waals surface area (Å²) in [5, 5.41) is 3.81. The molecule has 2 aromatic carbocycles. The van der Waals surface area contributed by atoms with Gasteiger partial charge in [0.2, 0.25) is 0 Å².